The maximum Gasteiger partial charge on any atom is 0.220 e. The zero-order chi connectivity index (χ0) is 21.7. The Hall–Kier alpha value is -1.66. The molecular weight excluding hydrogens is 434 g/mol. The molecule has 3 rings (SSSR count). The Morgan fingerprint density at radius 3 is 2.73 bits per heavy atom. The number of nitrogens with one attached hydrogen (secondary N) is 1. The monoisotopic (exact) mass is 458 g/mol. The van der Waals surface area contributed by atoms with Gasteiger partial charge >= 0.3 is 0 Å². The van der Waals surface area contributed by atoms with E-state index in [1.807, 2.05) is 0 Å². The van der Waals surface area contributed by atoms with Crippen molar-refractivity contribution >= 4 is 29.7 Å². The van der Waals surface area contributed by atoms with Gasteiger partial charge in [-0.05, 0) is 26.3 Å². The molecule has 1 aliphatic rings. The number of rotatable bonds is 10. The van der Waals surface area contributed by atoms with E-state index in [1.165, 1.54) is 24.3 Å². The van der Waals surface area contributed by atoms with Crippen LogP contribution in [0.4, 0.5) is 14.6 Å². The van der Waals surface area contributed by atoms with Crippen LogP contribution < -0.4 is 9.46 Å². The zero-order valence-corrected chi connectivity index (χ0v) is 18.3. The van der Waals surface area contributed by atoms with E-state index in [0.717, 1.165) is 37.3 Å². The molecule has 0 amide bonds. The van der Waals surface area contributed by atoms with Crippen LogP contribution in [0.3, 0.4) is 0 Å². The third-order valence-electron chi connectivity index (χ3n) is 4.51. The van der Waals surface area contributed by atoms with E-state index in [1.54, 1.807) is 19.9 Å². The molecule has 3 N–H and O–H groups in total. The van der Waals surface area contributed by atoms with Gasteiger partial charge in [0.15, 0.2) is 16.8 Å². The van der Waals surface area contributed by atoms with Crippen molar-refractivity contribution in [3.63, 3.8) is 0 Å². The normalized spacial score (nSPS) is 15.5. The number of aliphatic hydroxyl groups is 2. The maximum atomic E-state index is 13.9. The summed E-state index contributed by atoms with van der Waals surface area (Å²) >= 11 is 2.55. The van der Waals surface area contributed by atoms with Crippen LogP contribution in [0.15, 0.2) is 29.4 Å². The minimum atomic E-state index is -1.11. The first-order chi connectivity index (χ1) is 14.3. The summed E-state index contributed by atoms with van der Waals surface area (Å²) in [4.78, 5) is 8.73. The van der Waals surface area contributed by atoms with Gasteiger partial charge in [0.25, 0.3) is 0 Å². The van der Waals surface area contributed by atoms with E-state index < -0.39 is 29.9 Å². The molecule has 2 aromatic rings. The smallest absolute Gasteiger partial charge is 0.220 e. The predicted molar refractivity (Wildman–Crippen MR) is 113 cm³/mol. The lowest BCUT2D eigenvalue weighted by Crippen LogP contribution is -2.44. The summed E-state index contributed by atoms with van der Waals surface area (Å²) in [6.45, 7) is 4.75. The lowest BCUT2D eigenvalue weighted by molar-refractivity contribution is -0.0566. The molecule has 1 atom stereocenters. The van der Waals surface area contributed by atoms with E-state index in [0.29, 0.717) is 11.0 Å². The van der Waals surface area contributed by atoms with Gasteiger partial charge in [0.1, 0.15) is 17.5 Å². The Morgan fingerprint density at radius 1 is 1.30 bits per heavy atom. The standard InChI is InChI=1S/C19H24F2N4O3S2/c1-19(2,14(27)10-26)28-16-9-15(24-30-25-7-4-8-25)22-18(23-16)29-11-12-5-3-6-13(20)17(12)21/h3,5-6,9,14,26-27H,4,7-8,10-11H2,1-2H3,(H,22,23,24). The second-order valence-corrected chi connectivity index (χ2v) is 9.10. The van der Waals surface area contributed by atoms with Crippen LogP contribution in [0.1, 0.15) is 25.8 Å². The van der Waals surface area contributed by atoms with Gasteiger partial charge in [-0.25, -0.2) is 18.1 Å². The van der Waals surface area contributed by atoms with Crippen LogP contribution >= 0.6 is 23.9 Å². The first kappa shape index (κ1) is 23.0. The lowest BCUT2D eigenvalue weighted by Gasteiger charge is -2.30. The van der Waals surface area contributed by atoms with Crippen molar-refractivity contribution in [1.82, 2.24) is 14.3 Å². The Bertz CT molecular complexity index is 872. The number of aliphatic hydroxyl groups excluding tert-OH is 2. The molecule has 11 heteroatoms. The molecule has 0 bridgehead atoms. The van der Waals surface area contributed by atoms with Crippen molar-refractivity contribution in [3.8, 4) is 5.88 Å². The summed E-state index contributed by atoms with van der Waals surface area (Å²) in [6.07, 6.45) is 0.0252. The van der Waals surface area contributed by atoms with Gasteiger partial charge in [0.2, 0.25) is 5.88 Å². The number of thioether (sulfide) groups is 1. The summed E-state index contributed by atoms with van der Waals surface area (Å²) in [5.74, 6) is -0.991. The van der Waals surface area contributed by atoms with E-state index >= 15 is 0 Å². The van der Waals surface area contributed by atoms with Crippen LogP contribution in [0.5, 0.6) is 5.88 Å². The fraction of sp³-hybridized carbons (Fsp3) is 0.474. The average Bonchev–Trinajstić information content (AvgIpc) is 2.66. The molecule has 30 heavy (non-hydrogen) atoms. The van der Waals surface area contributed by atoms with Crippen LogP contribution in [0.25, 0.3) is 0 Å². The number of benzene rings is 1. The lowest BCUT2D eigenvalue weighted by atomic mass is 10.0. The van der Waals surface area contributed by atoms with Crippen LogP contribution in [-0.4, -0.2) is 55.9 Å². The van der Waals surface area contributed by atoms with Crippen molar-refractivity contribution in [3.05, 3.63) is 41.5 Å². The molecule has 2 heterocycles. The third-order valence-corrected chi connectivity index (χ3v) is 6.33. The highest BCUT2D eigenvalue weighted by molar-refractivity contribution is 7.98. The largest absolute Gasteiger partial charge is 0.469 e. The highest BCUT2D eigenvalue weighted by Crippen LogP contribution is 2.29. The highest BCUT2D eigenvalue weighted by atomic mass is 32.2. The predicted octanol–water partition coefficient (Wildman–Crippen LogP) is 3.24. The number of aromatic nitrogens is 2. The second kappa shape index (κ2) is 10.1. The molecule has 1 saturated heterocycles. The molecular formula is C19H24F2N4O3S2. The summed E-state index contributed by atoms with van der Waals surface area (Å²) in [7, 11) is 0. The molecule has 0 saturated carbocycles. The molecule has 1 fully saturated rings. The summed E-state index contributed by atoms with van der Waals surface area (Å²) in [6, 6.07) is 5.61. The fourth-order valence-corrected chi connectivity index (χ4v) is 4.02. The average molecular weight is 459 g/mol. The first-order valence-corrected chi connectivity index (χ1v) is 11.1. The van der Waals surface area contributed by atoms with Crippen LogP contribution in [-0.2, 0) is 5.75 Å². The minimum Gasteiger partial charge on any atom is -0.469 e. The molecule has 7 nitrogen and oxygen atoms in total. The number of halogens is 2. The molecule has 0 radical (unpaired) electrons. The van der Waals surface area contributed by atoms with Crippen molar-refractivity contribution in [2.24, 2.45) is 0 Å². The molecule has 1 aliphatic heterocycles. The maximum absolute atomic E-state index is 13.9. The molecule has 1 aromatic carbocycles. The molecule has 164 valence electrons. The molecule has 1 aromatic heterocycles. The molecule has 0 aliphatic carbocycles. The van der Waals surface area contributed by atoms with Gasteiger partial charge in [0.05, 0.1) is 6.61 Å². The third kappa shape index (κ3) is 5.94. The Labute approximate surface area is 182 Å². The van der Waals surface area contributed by atoms with Gasteiger partial charge < -0.3 is 19.7 Å². The zero-order valence-electron chi connectivity index (χ0n) is 16.6. The van der Waals surface area contributed by atoms with E-state index in [4.69, 9.17) is 4.74 Å². The first-order valence-electron chi connectivity index (χ1n) is 9.39. The van der Waals surface area contributed by atoms with E-state index in [9.17, 15) is 19.0 Å². The van der Waals surface area contributed by atoms with Gasteiger partial charge in [0, 0.05) is 42.6 Å². The molecule has 0 spiro atoms. The van der Waals surface area contributed by atoms with Gasteiger partial charge in [-0.3, -0.25) is 0 Å². The minimum absolute atomic E-state index is 0.133. The number of ether oxygens (including phenoxy) is 1. The Morgan fingerprint density at radius 2 is 2.07 bits per heavy atom. The van der Waals surface area contributed by atoms with Crippen molar-refractivity contribution < 1.29 is 23.7 Å². The van der Waals surface area contributed by atoms with Crippen molar-refractivity contribution in [2.45, 2.75) is 42.9 Å². The summed E-state index contributed by atoms with van der Waals surface area (Å²) in [5.41, 5.74) is -0.892. The van der Waals surface area contributed by atoms with Crippen molar-refractivity contribution in [1.29, 1.82) is 0 Å². The van der Waals surface area contributed by atoms with E-state index in [2.05, 4.69) is 19.0 Å². The van der Waals surface area contributed by atoms with Gasteiger partial charge in [-0.1, -0.05) is 23.9 Å². The number of hydrogen-bond acceptors (Lipinski definition) is 9. The van der Waals surface area contributed by atoms with Crippen molar-refractivity contribution in [2.75, 3.05) is 24.4 Å². The quantitative estimate of drug-likeness (QED) is 0.282. The topological polar surface area (TPSA) is 90.7 Å². The van der Waals surface area contributed by atoms with Crippen LogP contribution in [0, 0.1) is 11.6 Å². The Balaban J connectivity index is 1.78. The summed E-state index contributed by atoms with van der Waals surface area (Å²) in [5, 5.41) is 19.5. The number of nitrogens with zero attached hydrogens (tertiary/aromatic N) is 3. The van der Waals surface area contributed by atoms with Gasteiger partial charge in [-0.2, -0.15) is 4.98 Å². The van der Waals surface area contributed by atoms with Crippen LogP contribution in [0.2, 0.25) is 0 Å². The SMILES string of the molecule is CC(C)(Oc1cc(NSN2CCC2)nc(SCc2cccc(F)c2F)n1)C(O)CO. The Kier molecular flexibility index (Phi) is 7.75. The second-order valence-electron chi connectivity index (χ2n) is 7.26. The fourth-order valence-electron chi connectivity index (χ4n) is 2.42. The highest BCUT2D eigenvalue weighted by Gasteiger charge is 2.30. The van der Waals surface area contributed by atoms with Gasteiger partial charge in [-0.15, -0.1) is 0 Å². The van der Waals surface area contributed by atoms with E-state index in [-0.39, 0.29) is 17.2 Å². The number of anilines is 1. The molecule has 1 unspecified atom stereocenters. The summed E-state index contributed by atoms with van der Waals surface area (Å²) < 4.78 is 38.4. The number of hydrogen-bond donors (Lipinski definition) is 3.